The van der Waals surface area contributed by atoms with Crippen LogP contribution in [0.2, 0.25) is 0 Å². The molecule has 1 aliphatic carbocycles. The predicted octanol–water partition coefficient (Wildman–Crippen LogP) is 2.46. The Morgan fingerprint density at radius 1 is 1.24 bits per heavy atom. The summed E-state index contributed by atoms with van der Waals surface area (Å²) in [6.07, 6.45) is 7.25. The average Bonchev–Trinajstić information content (AvgIpc) is 3.06. The van der Waals surface area contributed by atoms with E-state index in [9.17, 15) is 4.79 Å². The van der Waals surface area contributed by atoms with Crippen LogP contribution in [0.15, 0.2) is 0 Å². The number of carbonyl (C=O) groups excluding carboxylic acids is 1. The molecule has 1 aliphatic rings. The summed E-state index contributed by atoms with van der Waals surface area (Å²) in [5.41, 5.74) is 0.532. The molecule has 0 heterocycles. The summed E-state index contributed by atoms with van der Waals surface area (Å²) in [5, 5.41) is 6.37. The smallest absolute Gasteiger partial charge is 0.234 e. The fraction of sp³-hybridized carbons (Fsp3) is 0.929. The Labute approximate surface area is 106 Å². The summed E-state index contributed by atoms with van der Waals surface area (Å²) in [4.78, 5) is 11.7. The molecule has 0 unspecified atom stereocenters. The van der Waals surface area contributed by atoms with Gasteiger partial charge in [-0.3, -0.25) is 4.79 Å². The molecule has 1 fully saturated rings. The van der Waals surface area contributed by atoms with E-state index in [-0.39, 0.29) is 5.91 Å². The maximum atomic E-state index is 11.7. The molecule has 0 spiro atoms. The zero-order valence-electron chi connectivity index (χ0n) is 11.6. The van der Waals surface area contributed by atoms with Gasteiger partial charge in [-0.2, -0.15) is 0 Å². The first-order valence-corrected chi connectivity index (χ1v) is 7.16. The van der Waals surface area contributed by atoms with Gasteiger partial charge >= 0.3 is 0 Å². The summed E-state index contributed by atoms with van der Waals surface area (Å²) in [6, 6.07) is 0.342. The van der Waals surface area contributed by atoms with Gasteiger partial charge in [-0.1, -0.05) is 27.2 Å². The first kappa shape index (κ1) is 14.5. The summed E-state index contributed by atoms with van der Waals surface area (Å²) < 4.78 is 0. The summed E-state index contributed by atoms with van der Waals surface area (Å²) in [7, 11) is 0. The highest BCUT2D eigenvalue weighted by Gasteiger charge is 2.40. The highest BCUT2D eigenvalue weighted by atomic mass is 16.1. The molecule has 100 valence electrons. The van der Waals surface area contributed by atoms with Crippen LogP contribution in [0.1, 0.15) is 59.3 Å². The number of nitrogens with one attached hydrogen (secondary N) is 2. The molecule has 0 atom stereocenters. The molecule has 0 aromatic rings. The van der Waals surface area contributed by atoms with E-state index in [1.54, 1.807) is 0 Å². The van der Waals surface area contributed by atoms with E-state index in [1.165, 1.54) is 25.7 Å². The van der Waals surface area contributed by atoms with Crippen LogP contribution < -0.4 is 10.6 Å². The lowest BCUT2D eigenvalue weighted by molar-refractivity contribution is -0.121. The van der Waals surface area contributed by atoms with E-state index in [1.807, 2.05) is 0 Å². The molecular formula is C14H28N2O. The van der Waals surface area contributed by atoms with Crippen molar-refractivity contribution in [3.05, 3.63) is 0 Å². The van der Waals surface area contributed by atoms with Crippen LogP contribution in [-0.4, -0.2) is 25.0 Å². The van der Waals surface area contributed by atoms with Gasteiger partial charge in [-0.15, -0.1) is 0 Å². The Morgan fingerprint density at radius 2 is 1.88 bits per heavy atom. The number of hydrogen-bond donors (Lipinski definition) is 2. The molecule has 0 bridgehead atoms. The van der Waals surface area contributed by atoms with Crippen molar-refractivity contribution in [3.8, 4) is 0 Å². The van der Waals surface area contributed by atoms with Crippen LogP contribution in [0.4, 0.5) is 0 Å². The van der Waals surface area contributed by atoms with Crippen LogP contribution in [-0.2, 0) is 4.79 Å². The molecule has 2 N–H and O–H groups in total. The van der Waals surface area contributed by atoms with Gasteiger partial charge < -0.3 is 10.6 Å². The Kier molecular flexibility index (Phi) is 5.96. The minimum absolute atomic E-state index is 0.144. The van der Waals surface area contributed by atoms with Crippen LogP contribution in [0.3, 0.4) is 0 Å². The molecular weight excluding hydrogens is 212 g/mol. The van der Waals surface area contributed by atoms with Crippen molar-refractivity contribution in [2.24, 2.45) is 5.41 Å². The third-order valence-electron chi connectivity index (χ3n) is 3.87. The van der Waals surface area contributed by atoms with E-state index in [4.69, 9.17) is 0 Å². The number of rotatable bonds is 9. The predicted molar refractivity (Wildman–Crippen MR) is 72.0 cm³/mol. The maximum absolute atomic E-state index is 11.7. The molecule has 1 saturated carbocycles. The SMILES string of the molecule is CCCC1(CNCC(=O)NC(CC)CC)CC1. The zero-order chi connectivity index (χ0) is 12.7. The average molecular weight is 240 g/mol. The monoisotopic (exact) mass is 240 g/mol. The lowest BCUT2D eigenvalue weighted by Crippen LogP contribution is -2.41. The van der Waals surface area contributed by atoms with Crippen molar-refractivity contribution in [1.29, 1.82) is 0 Å². The van der Waals surface area contributed by atoms with Crippen molar-refractivity contribution in [2.45, 2.75) is 65.3 Å². The number of carbonyl (C=O) groups is 1. The van der Waals surface area contributed by atoms with Gasteiger partial charge in [0.2, 0.25) is 5.91 Å². The highest BCUT2D eigenvalue weighted by Crippen LogP contribution is 2.48. The molecule has 0 aliphatic heterocycles. The van der Waals surface area contributed by atoms with Gasteiger partial charge in [0.25, 0.3) is 0 Å². The summed E-state index contributed by atoms with van der Waals surface area (Å²) in [6.45, 7) is 7.95. The standard InChI is InChI=1S/C14H28N2O/c1-4-7-14(8-9-14)11-15-10-13(17)16-12(5-2)6-3/h12,15H,4-11H2,1-3H3,(H,16,17). The van der Waals surface area contributed by atoms with E-state index >= 15 is 0 Å². The van der Waals surface area contributed by atoms with E-state index in [2.05, 4.69) is 31.4 Å². The molecule has 17 heavy (non-hydrogen) atoms. The zero-order valence-corrected chi connectivity index (χ0v) is 11.6. The van der Waals surface area contributed by atoms with Crippen molar-refractivity contribution in [1.82, 2.24) is 10.6 Å². The Hall–Kier alpha value is -0.570. The number of hydrogen-bond acceptors (Lipinski definition) is 2. The molecule has 0 aromatic heterocycles. The molecule has 0 saturated heterocycles. The van der Waals surface area contributed by atoms with Gasteiger partial charge in [-0.25, -0.2) is 0 Å². The van der Waals surface area contributed by atoms with Crippen LogP contribution in [0.25, 0.3) is 0 Å². The highest BCUT2D eigenvalue weighted by molar-refractivity contribution is 5.78. The van der Waals surface area contributed by atoms with Crippen molar-refractivity contribution >= 4 is 5.91 Å². The number of amides is 1. The van der Waals surface area contributed by atoms with Crippen molar-refractivity contribution in [3.63, 3.8) is 0 Å². The van der Waals surface area contributed by atoms with Crippen LogP contribution >= 0.6 is 0 Å². The lowest BCUT2D eigenvalue weighted by Gasteiger charge is -2.17. The third kappa shape index (κ3) is 5.07. The lowest BCUT2D eigenvalue weighted by atomic mass is 10.0. The van der Waals surface area contributed by atoms with Gasteiger partial charge in [0.15, 0.2) is 0 Å². The molecule has 1 rings (SSSR count). The van der Waals surface area contributed by atoms with Crippen molar-refractivity contribution in [2.75, 3.05) is 13.1 Å². The summed E-state index contributed by atoms with van der Waals surface area (Å²) in [5.74, 6) is 0.144. The first-order chi connectivity index (χ1) is 8.15. The molecule has 1 amide bonds. The molecule has 0 radical (unpaired) electrons. The minimum atomic E-state index is 0.144. The van der Waals surface area contributed by atoms with Gasteiger partial charge in [-0.05, 0) is 37.5 Å². The second kappa shape index (κ2) is 7.00. The third-order valence-corrected chi connectivity index (χ3v) is 3.87. The Morgan fingerprint density at radius 3 is 2.35 bits per heavy atom. The minimum Gasteiger partial charge on any atom is -0.352 e. The van der Waals surface area contributed by atoms with Gasteiger partial charge in [0, 0.05) is 12.6 Å². The van der Waals surface area contributed by atoms with E-state index < -0.39 is 0 Å². The topological polar surface area (TPSA) is 41.1 Å². The molecule has 0 aromatic carbocycles. The largest absolute Gasteiger partial charge is 0.352 e. The fourth-order valence-corrected chi connectivity index (χ4v) is 2.43. The molecule has 3 nitrogen and oxygen atoms in total. The van der Waals surface area contributed by atoms with Gasteiger partial charge in [0.05, 0.1) is 6.54 Å². The summed E-state index contributed by atoms with van der Waals surface area (Å²) >= 11 is 0. The maximum Gasteiger partial charge on any atom is 0.234 e. The Balaban J connectivity index is 2.12. The second-order valence-corrected chi connectivity index (χ2v) is 5.43. The van der Waals surface area contributed by atoms with E-state index in [0.29, 0.717) is 18.0 Å². The van der Waals surface area contributed by atoms with E-state index in [0.717, 1.165) is 19.4 Å². The van der Waals surface area contributed by atoms with Gasteiger partial charge in [0.1, 0.15) is 0 Å². The van der Waals surface area contributed by atoms with Crippen LogP contribution in [0, 0.1) is 5.41 Å². The normalized spacial score (nSPS) is 17.2. The fourth-order valence-electron chi connectivity index (χ4n) is 2.43. The van der Waals surface area contributed by atoms with Crippen LogP contribution in [0.5, 0.6) is 0 Å². The second-order valence-electron chi connectivity index (χ2n) is 5.43. The quantitative estimate of drug-likeness (QED) is 0.650. The Bertz CT molecular complexity index is 232. The molecule has 3 heteroatoms. The van der Waals surface area contributed by atoms with Crippen molar-refractivity contribution < 1.29 is 4.79 Å². The first-order valence-electron chi connectivity index (χ1n) is 7.16.